The van der Waals surface area contributed by atoms with Crippen molar-refractivity contribution < 1.29 is 15.3 Å². The van der Waals surface area contributed by atoms with Crippen molar-refractivity contribution >= 4 is 0 Å². The molecule has 10 fully saturated rings. The summed E-state index contributed by atoms with van der Waals surface area (Å²) in [4.78, 5) is 9.80. The maximum absolute atomic E-state index is 6.13. The van der Waals surface area contributed by atoms with Gasteiger partial charge in [0.25, 0.3) is 0 Å². The van der Waals surface area contributed by atoms with Gasteiger partial charge in [-0.15, -0.1) is 0 Å². The molecule has 0 saturated carbocycles. The van der Waals surface area contributed by atoms with E-state index < -0.39 is 6.51 Å². The summed E-state index contributed by atoms with van der Waals surface area (Å²) in [5, 5.41) is 0. The Morgan fingerprint density at radius 1 is 0.762 bits per heavy atom. The van der Waals surface area contributed by atoms with Crippen LogP contribution in [0.25, 0.3) is 0 Å². The first-order valence-electron chi connectivity index (χ1n) is 8.43. The molecule has 0 bridgehead atoms. The molecule has 10 aliphatic heterocycles. The minimum atomic E-state index is -3.43. The van der Waals surface area contributed by atoms with Gasteiger partial charge >= 0.3 is 111 Å². The Labute approximate surface area is 111 Å². The summed E-state index contributed by atoms with van der Waals surface area (Å²) in [5.41, 5.74) is 0. The van der Waals surface area contributed by atoms with Gasteiger partial charge in [-0.1, -0.05) is 0 Å². The zero-order valence-electron chi connectivity index (χ0n) is 11.3. The van der Waals surface area contributed by atoms with E-state index in [1.807, 2.05) is 12.5 Å². The third kappa shape index (κ3) is 0.0883. The average molecular weight is 318 g/mol. The van der Waals surface area contributed by atoms with Crippen molar-refractivity contribution in [3.8, 4) is 0 Å². The summed E-state index contributed by atoms with van der Waals surface area (Å²) < 4.78 is 13.6. The predicted octanol–water partition coefficient (Wildman–Crippen LogP) is 4.78. The van der Waals surface area contributed by atoms with E-state index in [0.717, 1.165) is 4.82 Å². The Hall–Kier alpha value is -0.921. The van der Waals surface area contributed by atoms with Crippen molar-refractivity contribution in [3.05, 3.63) is 48.3 Å². The van der Waals surface area contributed by atoms with E-state index in [4.69, 9.17) is 8.83 Å². The van der Waals surface area contributed by atoms with Crippen LogP contribution < -0.4 is 0 Å². The van der Waals surface area contributed by atoms with Crippen LogP contribution in [0.1, 0.15) is 11.5 Å². The molecule has 106 valence electrons. The minimum absolute atomic E-state index is 0.671. The molecule has 21 heavy (non-hydrogen) atoms. The van der Waals surface area contributed by atoms with Gasteiger partial charge < -0.3 is 0 Å². The third-order valence-corrected chi connectivity index (χ3v) is 59.3. The van der Waals surface area contributed by atoms with E-state index in [0.29, 0.717) is 8.63 Å². The van der Waals surface area contributed by atoms with Crippen LogP contribution in [0.2, 0.25) is 38.5 Å². The molecule has 10 aliphatic rings. The van der Waals surface area contributed by atoms with Gasteiger partial charge in [-0.2, -0.15) is 0 Å². The molecule has 0 N–H and O–H groups in total. The predicted molar refractivity (Wildman–Crippen MR) is 70.8 cm³/mol. The fourth-order valence-corrected chi connectivity index (χ4v) is 94.5. The Morgan fingerprint density at radius 2 is 1.24 bits per heavy atom. The number of fused-ring (bicyclic) bond motifs is 10. The number of furan rings is 2. The first kappa shape index (κ1) is 7.57. The summed E-state index contributed by atoms with van der Waals surface area (Å²) in [5.74, 6) is 2.92. The van der Waals surface area contributed by atoms with Crippen molar-refractivity contribution in [2.75, 3.05) is 0 Å². The third-order valence-electron chi connectivity index (χ3n) is 16.6. The summed E-state index contributed by atoms with van der Waals surface area (Å²) in [6, 6.07) is 9.02. The molecule has 0 radical (unpaired) electrons. The molecule has 4 unspecified atom stereocenters. The molecule has 12 heterocycles. The SMILES string of the molecule is c1coc([C]23[CH]4[CH]5[C]6(c7ccco7)[CH]2[Fe]45362789[CH]3[CH]2[CH]7[CH]8[CH]39)c1. The van der Waals surface area contributed by atoms with Gasteiger partial charge in [0.1, 0.15) is 0 Å². The van der Waals surface area contributed by atoms with Crippen LogP contribution in [0.3, 0.4) is 0 Å². The molecule has 12 rings (SSSR count). The molecule has 0 aromatic carbocycles. The summed E-state index contributed by atoms with van der Waals surface area (Å²) in [7, 11) is 0. The van der Waals surface area contributed by atoms with Crippen LogP contribution >= 0.6 is 0 Å². The van der Waals surface area contributed by atoms with Crippen LogP contribution in [0.5, 0.6) is 0 Å². The molecule has 10 saturated heterocycles. The Kier molecular flexibility index (Phi) is 0.254. The second-order valence-electron chi connectivity index (χ2n) is 11.7. The van der Waals surface area contributed by atoms with E-state index in [1.165, 1.54) is 45.2 Å². The molecule has 0 aliphatic carbocycles. The van der Waals surface area contributed by atoms with Crippen molar-refractivity contribution in [2.24, 2.45) is 0 Å². The molecular formula is C18H14FeO2. The van der Waals surface area contributed by atoms with Gasteiger partial charge in [0, 0.05) is 0 Å². The number of rotatable bonds is 2. The second kappa shape index (κ2) is 0.705. The zero-order chi connectivity index (χ0) is 12.7. The van der Waals surface area contributed by atoms with Crippen LogP contribution in [0.4, 0.5) is 0 Å². The standard InChI is InChI=1S/C13H9O2.C5H5.Fe/c1-3-12(14-7-1)10-5-6-11(9-10)13-4-2-8-15-13;1-2-4-5-3-1;/h1-9H;1-5H;. The first-order valence-corrected chi connectivity index (χ1v) is 14.6. The Balaban J connectivity index is 1.51. The summed E-state index contributed by atoms with van der Waals surface area (Å²) in [6.45, 7) is -3.43. The molecule has 2 aromatic heterocycles. The number of hydrogen-bond donors (Lipinski definition) is 0. The fourth-order valence-electron chi connectivity index (χ4n) is 18.9. The van der Waals surface area contributed by atoms with Gasteiger partial charge in [-0.05, 0) is 0 Å². The fraction of sp³-hybridized carbons (Fsp3) is 0.556. The van der Waals surface area contributed by atoms with Crippen molar-refractivity contribution in [1.82, 2.24) is 0 Å². The van der Waals surface area contributed by atoms with Crippen LogP contribution in [0.15, 0.2) is 45.6 Å². The van der Waals surface area contributed by atoms with Gasteiger partial charge in [0.2, 0.25) is 0 Å². The maximum atomic E-state index is 6.13. The monoisotopic (exact) mass is 318 g/mol. The molecule has 2 aromatic rings. The van der Waals surface area contributed by atoms with Gasteiger partial charge in [-0.25, -0.2) is 0 Å². The Bertz CT molecular complexity index is 1290. The van der Waals surface area contributed by atoms with Gasteiger partial charge in [0.15, 0.2) is 0 Å². The first-order chi connectivity index (χ1) is 10.1. The van der Waals surface area contributed by atoms with Crippen LogP contribution in [-0.4, -0.2) is 0 Å². The Morgan fingerprint density at radius 3 is 1.52 bits per heavy atom. The molecule has 1 spiro atoms. The summed E-state index contributed by atoms with van der Waals surface area (Å²) in [6.07, 6.45) is 3.89. The topological polar surface area (TPSA) is 26.3 Å². The van der Waals surface area contributed by atoms with Crippen molar-refractivity contribution in [1.29, 1.82) is 0 Å². The van der Waals surface area contributed by atoms with Crippen molar-refractivity contribution in [3.63, 3.8) is 0 Å². The normalized spacial score (nSPS) is 102. The van der Waals surface area contributed by atoms with Gasteiger partial charge in [-0.3, -0.25) is 0 Å². The second-order valence-corrected chi connectivity index (χ2v) is 34.9. The summed E-state index contributed by atoms with van der Waals surface area (Å²) >= 11 is 0. The van der Waals surface area contributed by atoms with E-state index in [9.17, 15) is 0 Å². The zero-order valence-corrected chi connectivity index (χ0v) is 12.4. The molecule has 3 heteroatoms. The number of hydrogen-bond acceptors (Lipinski definition) is 2. The quantitative estimate of drug-likeness (QED) is 0.745. The van der Waals surface area contributed by atoms with E-state index in [-0.39, 0.29) is 0 Å². The average Bonchev–Trinajstić information content (AvgIpc) is 3.40. The van der Waals surface area contributed by atoms with Crippen LogP contribution in [-0.2, 0) is 15.1 Å². The van der Waals surface area contributed by atoms with Gasteiger partial charge in [0.05, 0.1) is 0 Å². The van der Waals surface area contributed by atoms with E-state index in [2.05, 4.69) is 24.3 Å². The molecule has 0 amide bonds. The molecular weight excluding hydrogens is 304 g/mol. The molecule has 2 nitrogen and oxygen atoms in total. The van der Waals surface area contributed by atoms with E-state index >= 15 is 0 Å². The molecule has 4 atom stereocenters. The van der Waals surface area contributed by atoms with Crippen LogP contribution in [0, 0.1) is 0 Å². The van der Waals surface area contributed by atoms with E-state index in [1.54, 1.807) is 0 Å². The van der Waals surface area contributed by atoms with Crippen molar-refractivity contribution in [2.45, 2.75) is 47.2 Å².